The first-order valence-corrected chi connectivity index (χ1v) is 7.88. The van der Waals surface area contributed by atoms with Crippen molar-refractivity contribution in [3.8, 4) is 11.5 Å². The average Bonchev–Trinajstić information content (AvgIpc) is 2.47. The van der Waals surface area contributed by atoms with Gasteiger partial charge in [0.05, 0.1) is 4.47 Å². The quantitative estimate of drug-likeness (QED) is 0.819. The molecule has 2 aromatic rings. The maximum atomic E-state index is 5.62. The molecular weight excluding hydrogens is 386 g/mol. The molecule has 0 atom stereocenters. The van der Waals surface area contributed by atoms with Crippen LogP contribution in [0, 0.1) is 0 Å². The largest absolute Gasteiger partial charge is 0.486 e. The summed E-state index contributed by atoms with van der Waals surface area (Å²) in [6.07, 6.45) is 0. The highest BCUT2D eigenvalue weighted by atomic mass is 79.9. The second-order valence-corrected chi connectivity index (χ2v) is 6.23. The Bertz CT molecular complexity index is 614. The van der Waals surface area contributed by atoms with E-state index in [0.29, 0.717) is 13.2 Å². The predicted octanol–water partition coefficient (Wildman–Crippen LogP) is 4.59. The number of hydrogen-bond donors (Lipinski definition) is 1. The molecule has 104 valence electrons. The number of benzene rings is 2. The van der Waals surface area contributed by atoms with E-state index in [-0.39, 0.29) is 0 Å². The molecule has 1 aliphatic heterocycles. The van der Waals surface area contributed by atoms with E-state index >= 15 is 0 Å². The summed E-state index contributed by atoms with van der Waals surface area (Å²) < 4.78 is 13.2. The first kappa shape index (κ1) is 13.8. The maximum absolute atomic E-state index is 5.62. The summed E-state index contributed by atoms with van der Waals surface area (Å²) in [5, 5.41) is 3.38. The van der Waals surface area contributed by atoms with Crippen LogP contribution in [0.4, 0.5) is 5.69 Å². The second-order valence-electron chi connectivity index (χ2n) is 4.46. The van der Waals surface area contributed by atoms with E-state index in [9.17, 15) is 0 Å². The van der Waals surface area contributed by atoms with Crippen molar-refractivity contribution in [2.24, 2.45) is 0 Å². The molecule has 0 spiro atoms. The maximum Gasteiger partial charge on any atom is 0.175 e. The summed E-state index contributed by atoms with van der Waals surface area (Å²) in [6.45, 7) is 1.93. The lowest BCUT2D eigenvalue weighted by atomic mass is 10.2. The fourth-order valence-electron chi connectivity index (χ4n) is 2.04. The molecule has 2 aromatic carbocycles. The zero-order valence-electron chi connectivity index (χ0n) is 10.7. The Balaban J connectivity index is 1.74. The standard InChI is InChI=1S/C15H13Br2NO2/c16-11-1-3-12(4-2-11)18-9-10-7-13(17)15-14(8-10)19-5-6-20-15/h1-4,7-8,18H,5-6,9H2. The van der Waals surface area contributed by atoms with Crippen LogP contribution in [0.2, 0.25) is 0 Å². The molecule has 1 aliphatic rings. The molecule has 3 rings (SSSR count). The Morgan fingerprint density at radius 3 is 2.55 bits per heavy atom. The lowest BCUT2D eigenvalue weighted by molar-refractivity contribution is 0.170. The highest BCUT2D eigenvalue weighted by molar-refractivity contribution is 9.10. The Morgan fingerprint density at radius 1 is 1.00 bits per heavy atom. The number of fused-ring (bicyclic) bond motifs is 1. The summed E-state index contributed by atoms with van der Waals surface area (Å²) >= 11 is 6.96. The minimum atomic E-state index is 0.599. The van der Waals surface area contributed by atoms with Gasteiger partial charge in [0, 0.05) is 16.7 Å². The van der Waals surface area contributed by atoms with Crippen LogP contribution in [0.3, 0.4) is 0 Å². The molecule has 1 heterocycles. The molecule has 0 fully saturated rings. The van der Waals surface area contributed by atoms with E-state index < -0.39 is 0 Å². The first-order chi connectivity index (χ1) is 9.72. The van der Waals surface area contributed by atoms with E-state index in [1.165, 1.54) is 0 Å². The smallest absolute Gasteiger partial charge is 0.175 e. The van der Waals surface area contributed by atoms with Crippen LogP contribution < -0.4 is 14.8 Å². The summed E-state index contributed by atoms with van der Waals surface area (Å²) in [5.41, 5.74) is 2.23. The summed E-state index contributed by atoms with van der Waals surface area (Å²) in [4.78, 5) is 0. The van der Waals surface area contributed by atoms with Gasteiger partial charge < -0.3 is 14.8 Å². The number of hydrogen-bond acceptors (Lipinski definition) is 3. The number of ether oxygens (including phenoxy) is 2. The van der Waals surface area contributed by atoms with Gasteiger partial charge in [-0.3, -0.25) is 0 Å². The van der Waals surface area contributed by atoms with Crippen molar-refractivity contribution >= 4 is 37.5 Å². The van der Waals surface area contributed by atoms with E-state index in [1.807, 2.05) is 30.3 Å². The van der Waals surface area contributed by atoms with Crippen molar-refractivity contribution < 1.29 is 9.47 Å². The minimum absolute atomic E-state index is 0.599. The lowest BCUT2D eigenvalue weighted by Gasteiger charge is -2.20. The normalized spacial score (nSPS) is 13.1. The monoisotopic (exact) mass is 397 g/mol. The predicted molar refractivity (Wildman–Crippen MR) is 86.6 cm³/mol. The number of anilines is 1. The van der Waals surface area contributed by atoms with Crippen molar-refractivity contribution in [3.05, 3.63) is 50.9 Å². The van der Waals surface area contributed by atoms with Crippen LogP contribution >= 0.6 is 31.9 Å². The number of rotatable bonds is 3. The van der Waals surface area contributed by atoms with Crippen LogP contribution in [0.15, 0.2) is 45.3 Å². The topological polar surface area (TPSA) is 30.5 Å². The fourth-order valence-corrected chi connectivity index (χ4v) is 2.91. The van der Waals surface area contributed by atoms with Gasteiger partial charge in [-0.15, -0.1) is 0 Å². The third-order valence-corrected chi connectivity index (χ3v) is 4.12. The van der Waals surface area contributed by atoms with Gasteiger partial charge in [0.15, 0.2) is 11.5 Å². The van der Waals surface area contributed by atoms with Crippen LogP contribution in [0.25, 0.3) is 0 Å². The van der Waals surface area contributed by atoms with Gasteiger partial charge in [-0.25, -0.2) is 0 Å². The Hall–Kier alpha value is -1.20. The Kier molecular flexibility index (Phi) is 4.17. The van der Waals surface area contributed by atoms with E-state index in [1.54, 1.807) is 0 Å². The van der Waals surface area contributed by atoms with E-state index in [2.05, 4.69) is 43.2 Å². The van der Waals surface area contributed by atoms with Crippen LogP contribution in [-0.2, 0) is 6.54 Å². The third-order valence-electron chi connectivity index (χ3n) is 3.00. The molecule has 0 radical (unpaired) electrons. The minimum Gasteiger partial charge on any atom is -0.486 e. The van der Waals surface area contributed by atoms with Crippen LogP contribution in [-0.4, -0.2) is 13.2 Å². The zero-order valence-corrected chi connectivity index (χ0v) is 13.8. The zero-order chi connectivity index (χ0) is 13.9. The molecule has 0 amide bonds. The lowest BCUT2D eigenvalue weighted by Crippen LogP contribution is -2.16. The highest BCUT2D eigenvalue weighted by Crippen LogP contribution is 2.38. The van der Waals surface area contributed by atoms with Crippen LogP contribution in [0.5, 0.6) is 11.5 Å². The van der Waals surface area contributed by atoms with Gasteiger partial charge in [0.25, 0.3) is 0 Å². The summed E-state index contributed by atoms with van der Waals surface area (Å²) in [6, 6.07) is 12.2. The van der Waals surface area contributed by atoms with Crippen molar-refractivity contribution in [2.45, 2.75) is 6.54 Å². The van der Waals surface area contributed by atoms with Crippen molar-refractivity contribution in [3.63, 3.8) is 0 Å². The molecule has 0 saturated carbocycles. The number of nitrogens with one attached hydrogen (secondary N) is 1. The van der Waals surface area contributed by atoms with Gasteiger partial charge in [-0.05, 0) is 57.9 Å². The molecule has 0 aliphatic carbocycles. The summed E-state index contributed by atoms with van der Waals surface area (Å²) in [7, 11) is 0. The van der Waals surface area contributed by atoms with Crippen molar-refractivity contribution in [1.29, 1.82) is 0 Å². The highest BCUT2D eigenvalue weighted by Gasteiger charge is 2.16. The molecule has 1 N–H and O–H groups in total. The molecule has 0 unspecified atom stereocenters. The van der Waals surface area contributed by atoms with Crippen molar-refractivity contribution in [2.75, 3.05) is 18.5 Å². The second kappa shape index (κ2) is 6.06. The van der Waals surface area contributed by atoms with Crippen molar-refractivity contribution in [1.82, 2.24) is 0 Å². The molecular formula is C15H13Br2NO2. The van der Waals surface area contributed by atoms with Gasteiger partial charge in [-0.2, -0.15) is 0 Å². The van der Waals surface area contributed by atoms with Crippen LogP contribution in [0.1, 0.15) is 5.56 Å². The fraction of sp³-hybridized carbons (Fsp3) is 0.200. The van der Waals surface area contributed by atoms with Gasteiger partial charge in [0.2, 0.25) is 0 Å². The Morgan fingerprint density at radius 2 is 1.75 bits per heavy atom. The van der Waals surface area contributed by atoms with E-state index in [4.69, 9.17) is 9.47 Å². The van der Waals surface area contributed by atoms with Gasteiger partial charge in [0.1, 0.15) is 13.2 Å². The molecule has 20 heavy (non-hydrogen) atoms. The average molecular weight is 399 g/mol. The third kappa shape index (κ3) is 3.10. The van der Waals surface area contributed by atoms with E-state index in [0.717, 1.165) is 38.2 Å². The summed E-state index contributed by atoms with van der Waals surface area (Å²) in [5.74, 6) is 1.60. The first-order valence-electron chi connectivity index (χ1n) is 6.30. The molecule has 0 aromatic heterocycles. The molecule has 3 nitrogen and oxygen atoms in total. The molecule has 0 saturated heterocycles. The molecule has 0 bridgehead atoms. The Labute approximate surface area is 134 Å². The SMILES string of the molecule is Brc1ccc(NCc2cc(Br)c3c(c2)OCCO3)cc1. The van der Waals surface area contributed by atoms with Gasteiger partial charge in [-0.1, -0.05) is 15.9 Å². The number of halogens is 2. The van der Waals surface area contributed by atoms with Gasteiger partial charge >= 0.3 is 0 Å². The molecule has 5 heteroatoms.